The number of carbonyl (C=O) groups is 2. The molecule has 172 valence electrons. The van der Waals surface area contributed by atoms with Crippen molar-refractivity contribution in [1.29, 1.82) is 0 Å². The van der Waals surface area contributed by atoms with Gasteiger partial charge in [-0.05, 0) is 63.4 Å². The molecule has 4 rings (SSSR count). The quantitative estimate of drug-likeness (QED) is 0.414. The molecule has 1 aliphatic rings. The zero-order chi connectivity index (χ0) is 23.8. The summed E-state index contributed by atoms with van der Waals surface area (Å²) in [5, 5.41) is 0.299. The summed E-state index contributed by atoms with van der Waals surface area (Å²) in [5.41, 5.74) is 0.119. The van der Waals surface area contributed by atoms with Crippen LogP contribution in [0.2, 0.25) is 0 Å². The lowest BCUT2D eigenvalue weighted by Crippen LogP contribution is -2.44. The second-order valence-electron chi connectivity index (χ2n) is 8.90. The van der Waals surface area contributed by atoms with Crippen molar-refractivity contribution in [3.63, 3.8) is 0 Å². The summed E-state index contributed by atoms with van der Waals surface area (Å²) in [4.78, 5) is 39.5. The molecule has 0 aliphatic carbocycles. The number of ether oxygens (including phenoxy) is 2. The summed E-state index contributed by atoms with van der Waals surface area (Å²) in [6.07, 6.45) is 1.88. The number of likely N-dealkylation sites (tertiary alicyclic amines) is 1. The molecule has 3 aromatic rings. The van der Waals surface area contributed by atoms with Gasteiger partial charge in [0.2, 0.25) is 0 Å². The molecule has 1 amide bonds. The Kier molecular flexibility index (Phi) is 5.93. The highest BCUT2D eigenvalue weighted by molar-refractivity contribution is 5.86. The Morgan fingerprint density at radius 2 is 1.85 bits per heavy atom. The van der Waals surface area contributed by atoms with Crippen molar-refractivity contribution in [2.75, 3.05) is 6.54 Å². The third-order valence-corrected chi connectivity index (χ3v) is 5.27. The van der Waals surface area contributed by atoms with E-state index >= 15 is 0 Å². The Morgan fingerprint density at radius 1 is 1.12 bits per heavy atom. The number of fused-ring (bicyclic) bond motifs is 1. The molecule has 0 spiro atoms. The Morgan fingerprint density at radius 3 is 2.55 bits per heavy atom. The Balaban J connectivity index is 1.54. The number of hydrogen-bond donors (Lipinski definition) is 0. The van der Waals surface area contributed by atoms with E-state index in [9.17, 15) is 18.8 Å². The van der Waals surface area contributed by atoms with E-state index in [0.29, 0.717) is 35.9 Å². The first-order valence-electron chi connectivity index (χ1n) is 10.7. The minimum absolute atomic E-state index is 0.196. The number of nitrogens with zero attached hydrogens (tertiary/aromatic N) is 1. The maximum Gasteiger partial charge on any atom is 0.411 e. The van der Waals surface area contributed by atoms with Gasteiger partial charge in [0.25, 0.3) is 0 Å². The first-order valence-corrected chi connectivity index (χ1v) is 10.7. The fourth-order valence-electron chi connectivity index (χ4n) is 3.74. The third kappa shape index (κ3) is 4.89. The molecule has 1 saturated heterocycles. The molecule has 33 heavy (non-hydrogen) atoms. The maximum absolute atomic E-state index is 13.2. The zero-order valence-corrected chi connectivity index (χ0v) is 18.6. The number of hydrogen-bond acceptors (Lipinski definition) is 6. The Bertz CT molecular complexity index is 1260. The highest BCUT2D eigenvalue weighted by atomic mass is 19.1. The van der Waals surface area contributed by atoms with Crippen LogP contribution in [-0.4, -0.2) is 35.2 Å². The van der Waals surface area contributed by atoms with Crippen LogP contribution in [0.15, 0.2) is 57.9 Å². The van der Waals surface area contributed by atoms with E-state index in [0.717, 1.165) is 0 Å². The van der Waals surface area contributed by atoms with Gasteiger partial charge in [0, 0.05) is 12.6 Å². The Hall–Kier alpha value is -3.68. The topological polar surface area (TPSA) is 86.0 Å². The first kappa shape index (κ1) is 22.5. The predicted octanol–water partition coefficient (Wildman–Crippen LogP) is 4.90. The van der Waals surface area contributed by atoms with E-state index in [1.54, 1.807) is 20.8 Å². The molecule has 8 heteroatoms. The highest BCUT2D eigenvalue weighted by Crippen LogP contribution is 2.26. The average molecular weight is 453 g/mol. The van der Waals surface area contributed by atoms with Crippen molar-refractivity contribution < 1.29 is 27.9 Å². The molecule has 2 heterocycles. The lowest BCUT2D eigenvalue weighted by Gasteiger charge is -2.27. The largest absolute Gasteiger partial charge is 0.463 e. The van der Waals surface area contributed by atoms with Crippen LogP contribution in [0.3, 0.4) is 0 Å². The second kappa shape index (κ2) is 8.69. The minimum atomic E-state index is -0.747. The van der Waals surface area contributed by atoms with Gasteiger partial charge in [0.15, 0.2) is 5.43 Å². The molecule has 1 fully saturated rings. The van der Waals surface area contributed by atoms with E-state index in [1.165, 1.54) is 53.6 Å². The fourth-order valence-corrected chi connectivity index (χ4v) is 3.74. The molecule has 0 bridgehead atoms. The number of esters is 1. The van der Waals surface area contributed by atoms with Crippen LogP contribution < -0.4 is 10.2 Å². The van der Waals surface area contributed by atoms with Gasteiger partial charge in [-0.2, -0.15) is 0 Å². The van der Waals surface area contributed by atoms with Crippen molar-refractivity contribution in [3.05, 3.63) is 64.8 Å². The van der Waals surface area contributed by atoms with Gasteiger partial charge < -0.3 is 13.9 Å². The van der Waals surface area contributed by atoms with Crippen LogP contribution in [0.4, 0.5) is 9.18 Å². The second-order valence-corrected chi connectivity index (χ2v) is 8.90. The van der Waals surface area contributed by atoms with Crippen LogP contribution in [0.1, 0.15) is 33.6 Å². The molecule has 1 unspecified atom stereocenters. The molecule has 7 nitrogen and oxygen atoms in total. The van der Waals surface area contributed by atoms with Crippen molar-refractivity contribution >= 4 is 23.0 Å². The maximum atomic E-state index is 13.2. The lowest BCUT2D eigenvalue weighted by atomic mass is 10.1. The third-order valence-electron chi connectivity index (χ3n) is 5.27. The summed E-state index contributed by atoms with van der Waals surface area (Å²) in [6, 6.07) is 9.26. The van der Waals surface area contributed by atoms with E-state index in [2.05, 4.69) is 0 Å². The summed E-state index contributed by atoms with van der Waals surface area (Å²) < 4.78 is 29.7. The van der Waals surface area contributed by atoms with Gasteiger partial charge in [-0.15, -0.1) is 0 Å². The monoisotopic (exact) mass is 453 g/mol. The van der Waals surface area contributed by atoms with Crippen LogP contribution in [-0.2, 0) is 9.53 Å². The molecule has 0 N–H and O–H groups in total. The number of halogens is 1. The molecule has 0 radical (unpaired) electrons. The van der Waals surface area contributed by atoms with Crippen LogP contribution in [0.25, 0.3) is 22.1 Å². The van der Waals surface area contributed by atoms with E-state index in [1.807, 2.05) is 0 Å². The number of carbonyl (C=O) groups excluding carboxylic acids is 2. The molecule has 1 atom stereocenters. The van der Waals surface area contributed by atoms with Gasteiger partial charge in [-0.1, -0.05) is 12.1 Å². The first-order chi connectivity index (χ1) is 15.6. The summed E-state index contributed by atoms with van der Waals surface area (Å²) in [6.45, 7) is 5.70. The number of rotatable bonds is 3. The van der Waals surface area contributed by atoms with Crippen molar-refractivity contribution in [3.8, 4) is 16.9 Å². The van der Waals surface area contributed by atoms with E-state index in [4.69, 9.17) is 13.9 Å². The molecule has 1 aromatic heterocycles. The van der Waals surface area contributed by atoms with Crippen LogP contribution in [0, 0.1) is 5.82 Å². The number of amides is 1. The summed E-state index contributed by atoms with van der Waals surface area (Å²) in [7, 11) is 0. The zero-order valence-electron chi connectivity index (χ0n) is 18.6. The molecular weight excluding hydrogens is 429 g/mol. The lowest BCUT2D eigenvalue weighted by molar-refractivity contribution is -0.139. The summed E-state index contributed by atoms with van der Waals surface area (Å²) >= 11 is 0. The van der Waals surface area contributed by atoms with Crippen molar-refractivity contribution in [2.45, 2.75) is 45.3 Å². The molecule has 2 aromatic carbocycles. The van der Waals surface area contributed by atoms with Gasteiger partial charge >= 0.3 is 12.1 Å². The molecule has 0 saturated carbocycles. The van der Waals surface area contributed by atoms with Gasteiger partial charge in [-0.3, -0.25) is 9.69 Å². The minimum Gasteiger partial charge on any atom is -0.463 e. The fraction of sp³-hybridized carbons (Fsp3) is 0.320. The van der Waals surface area contributed by atoms with Crippen LogP contribution in [0.5, 0.6) is 5.75 Å². The smallest absolute Gasteiger partial charge is 0.411 e. The standard InChI is InChI=1S/C25H24FNO6/c1-25(2,3)33-24(30)27-12-4-5-20(27)23(29)32-17-10-11-18-21(13-17)31-14-19(22(18)28)15-6-8-16(26)9-7-15/h6-11,13-14,20H,4-5,12H2,1-3H3. The van der Waals surface area contributed by atoms with E-state index in [-0.39, 0.29) is 16.8 Å². The molecule has 1 aliphatic heterocycles. The highest BCUT2D eigenvalue weighted by Gasteiger charge is 2.38. The van der Waals surface area contributed by atoms with Crippen LogP contribution >= 0.6 is 0 Å². The van der Waals surface area contributed by atoms with Gasteiger partial charge in [-0.25, -0.2) is 14.0 Å². The number of benzene rings is 2. The summed E-state index contributed by atoms with van der Waals surface area (Å²) in [5.74, 6) is -0.785. The average Bonchev–Trinajstić information content (AvgIpc) is 3.24. The van der Waals surface area contributed by atoms with Gasteiger partial charge in [0.05, 0.1) is 10.9 Å². The molecular formula is C25H24FNO6. The van der Waals surface area contributed by atoms with Gasteiger partial charge in [0.1, 0.15) is 35.1 Å². The Labute approximate surface area is 189 Å². The predicted molar refractivity (Wildman–Crippen MR) is 119 cm³/mol. The van der Waals surface area contributed by atoms with Crippen molar-refractivity contribution in [1.82, 2.24) is 4.90 Å². The van der Waals surface area contributed by atoms with Crippen molar-refractivity contribution in [2.24, 2.45) is 0 Å². The SMILES string of the molecule is CC(C)(C)OC(=O)N1CCCC1C(=O)Oc1ccc2c(=O)c(-c3ccc(F)cc3)coc2c1. The van der Waals surface area contributed by atoms with E-state index < -0.39 is 29.5 Å². The normalized spacial score (nSPS) is 16.1.